The molecule has 1 unspecified atom stereocenters. The number of carbonyl (C=O) groups excluding carboxylic acids is 1. The average Bonchev–Trinajstić information content (AvgIpc) is 3.33. The number of furan rings is 1. The molecule has 142 valence electrons. The lowest BCUT2D eigenvalue weighted by Gasteiger charge is -2.30. The third-order valence-electron chi connectivity index (χ3n) is 5.13. The first-order chi connectivity index (χ1) is 13.1. The maximum atomic E-state index is 13.0. The van der Waals surface area contributed by atoms with E-state index in [0.29, 0.717) is 30.8 Å². The van der Waals surface area contributed by atoms with Gasteiger partial charge in [-0.05, 0) is 42.7 Å². The van der Waals surface area contributed by atoms with Gasteiger partial charge in [0, 0.05) is 24.5 Å². The number of aliphatic hydroxyl groups excluding tert-OH is 1. The Morgan fingerprint density at radius 2 is 1.96 bits per heavy atom. The zero-order valence-electron chi connectivity index (χ0n) is 14.9. The number of likely N-dealkylation sites (tertiary alicyclic amines) is 1. The van der Waals surface area contributed by atoms with Crippen LogP contribution in [0.3, 0.4) is 0 Å². The molecule has 0 spiro atoms. The molecule has 1 aromatic carbocycles. The van der Waals surface area contributed by atoms with Gasteiger partial charge in [0.15, 0.2) is 0 Å². The molecule has 6 nitrogen and oxygen atoms in total. The van der Waals surface area contributed by atoms with Crippen molar-refractivity contribution in [3.8, 4) is 0 Å². The minimum Gasteiger partial charge on any atom is -0.467 e. The van der Waals surface area contributed by atoms with E-state index in [2.05, 4.69) is 10.0 Å². The van der Waals surface area contributed by atoms with Gasteiger partial charge in [-0.15, -0.1) is 0 Å². The van der Waals surface area contributed by atoms with Gasteiger partial charge in [-0.1, -0.05) is 23.7 Å². The highest BCUT2D eigenvalue weighted by Crippen LogP contribution is 2.33. The van der Waals surface area contributed by atoms with Crippen LogP contribution in [0.4, 0.5) is 0 Å². The number of piperidine rings is 1. The van der Waals surface area contributed by atoms with Gasteiger partial charge in [0.1, 0.15) is 11.8 Å². The zero-order chi connectivity index (χ0) is 18.8. The summed E-state index contributed by atoms with van der Waals surface area (Å²) in [6.07, 6.45) is 3.36. The van der Waals surface area contributed by atoms with Gasteiger partial charge >= 0.3 is 0 Å². The number of nitrogens with zero attached hydrogens (tertiary/aromatic N) is 3. The Balaban J connectivity index is 1.54. The van der Waals surface area contributed by atoms with Crippen LogP contribution in [0.25, 0.3) is 0 Å². The fourth-order valence-corrected chi connectivity index (χ4v) is 3.73. The first-order valence-corrected chi connectivity index (χ1v) is 9.57. The van der Waals surface area contributed by atoms with Crippen molar-refractivity contribution in [2.75, 3.05) is 19.6 Å². The molecule has 2 aliphatic heterocycles. The number of benzene rings is 1. The quantitative estimate of drug-likeness (QED) is 0.875. The van der Waals surface area contributed by atoms with Gasteiger partial charge in [-0.3, -0.25) is 9.69 Å². The summed E-state index contributed by atoms with van der Waals surface area (Å²) < 4.78 is 5.57. The Kier molecular flexibility index (Phi) is 5.29. The Bertz CT molecular complexity index is 812. The lowest BCUT2D eigenvalue weighted by atomic mass is 10.0. The number of hydrogen-bond acceptors (Lipinski definition) is 5. The van der Waals surface area contributed by atoms with Crippen LogP contribution in [0.2, 0.25) is 5.02 Å². The molecule has 27 heavy (non-hydrogen) atoms. The first kappa shape index (κ1) is 18.2. The highest BCUT2D eigenvalue weighted by molar-refractivity contribution is 6.30. The van der Waals surface area contributed by atoms with Crippen molar-refractivity contribution in [2.45, 2.75) is 31.4 Å². The van der Waals surface area contributed by atoms with Gasteiger partial charge in [-0.2, -0.15) is 5.10 Å². The summed E-state index contributed by atoms with van der Waals surface area (Å²) >= 11 is 5.98. The molecule has 0 radical (unpaired) electrons. The van der Waals surface area contributed by atoms with Gasteiger partial charge < -0.3 is 9.52 Å². The average molecular weight is 388 g/mol. The molecule has 1 N–H and O–H groups in total. The van der Waals surface area contributed by atoms with E-state index in [9.17, 15) is 9.90 Å². The molecule has 2 aromatic rings. The molecular weight excluding hydrogens is 366 g/mol. The third-order valence-corrected chi connectivity index (χ3v) is 5.38. The van der Waals surface area contributed by atoms with E-state index in [4.69, 9.17) is 16.0 Å². The Morgan fingerprint density at radius 3 is 2.63 bits per heavy atom. The molecule has 0 bridgehead atoms. The highest BCUT2D eigenvalue weighted by Gasteiger charge is 2.35. The number of hydrazone groups is 1. The van der Waals surface area contributed by atoms with Gasteiger partial charge in [-0.25, -0.2) is 5.01 Å². The van der Waals surface area contributed by atoms with Crippen LogP contribution in [-0.4, -0.2) is 52.4 Å². The van der Waals surface area contributed by atoms with E-state index in [1.807, 2.05) is 36.4 Å². The second-order valence-electron chi connectivity index (χ2n) is 7.03. The lowest BCUT2D eigenvalue weighted by molar-refractivity contribution is -0.135. The van der Waals surface area contributed by atoms with E-state index in [0.717, 1.165) is 30.1 Å². The number of amides is 1. The monoisotopic (exact) mass is 387 g/mol. The SMILES string of the molecule is O=C(CN1CCC(O)CC1)N1N=C(c2ccc(Cl)cc2)CC1c1ccco1. The third kappa shape index (κ3) is 4.08. The largest absolute Gasteiger partial charge is 0.467 e. The number of rotatable bonds is 4. The number of aliphatic hydroxyl groups is 1. The smallest absolute Gasteiger partial charge is 0.257 e. The van der Waals surface area contributed by atoms with Crippen molar-refractivity contribution in [2.24, 2.45) is 5.10 Å². The van der Waals surface area contributed by atoms with Crippen LogP contribution in [0.15, 0.2) is 52.2 Å². The van der Waals surface area contributed by atoms with Crippen LogP contribution in [0.1, 0.15) is 36.6 Å². The van der Waals surface area contributed by atoms with Crippen molar-refractivity contribution >= 4 is 23.2 Å². The summed E-state index contributed by atoms with van der Waals surface area (Å²) in [6, 6.07) is 10.9. The molecule has 1 saturated heterocycles. The Labute approximate surface area is 163 Å². The summed E-state index contributed by atoms with van der Waals surface area (Å²) in [6.45, 7) is 1.74. The molecule has 1 aromatic heterocycles. The Hall–Kier alpha value is -2.15. The maximum Gasteiger partial charge on any atom is 0.257 e. The van der Waals surface area contributed by atoms with Crippen LogP contribution in [0, 0.1) is 0 Å². The summed E-state index contributed by atoms with van der Waals surface area (Å²) in [4.78, 5) is 15.1. The molecule has 1 amide bonds. The van der Waals surface area contributed by atoms with Gasteiger partial charge in [0.25, 0.3) is 5.91 Å². The number of carbonyl (C=O) groups is 1. The molecule has 3 heterocycles. The van der Waals surface area contributed by atoms with Crippen LogP contribution >= 0.6 is 11.6 Å². The molecule has 1 atom stereocenters. The molecule has 0 aliphatic carbocycles. The van der Waals surface area contributed by atoms with Crippen molar-refractivity contribution < 1.29 is 14.3 Å². The number of halogens is 1. The topological polar surface area (TPSA) is 69.3 Å². The van der Waals surface area contributed by atoms with E-state index in [1.54, 1.807) is 11.3 Å². The molecule has 2 aliphatic rings. The molecule has 0 saturated carbocycles. The van der Waals surface area contributed by atoms with Crippen molar-refractivity contribution in [1.29, 1.82) is 0 Å². The van der Waals surface area contributed by atoms with E-state index >= 15 is 0 Å². The van der Waals surface area contributed by atoms with Crippen molar-refractivity contribution in [3.63, 3.8) is 0 Å². The van der Waals surface area contributed by atoms with E-state index in [1.165, 1.54) is 0 Å². The van der Waals surface area contributed by atoms with Crippen LogP contribution in [-0.2, 0) is 4.79 Å². The van der Waals surface area contributed by atoms with Crippen molar-refractivity contribution in [3.05, 3.63) is 59.0 Å². The summed E-state index contributed by atoms with van der Waals surface area (Å²) in [5.74, 6) is 0.668. The molecule has 7 heteroatoms. The Morgan fingerprint density at radius 1 is 1.22 bits per heavy atom. The summed E-state index contributed by atoms with van der Waals surface area (Å²) in [7, 11) is 0. The van der Waals surface area contributed by atoms with Crippen molar-refractivity contribution in [1.82, 2.24) is 9.91 Å². The van der Waals surface area contributed by atoms with Crippen LogP contribution < -0.4 is 0 Å². The van der Waals surface area contributed by atoms with E-state index < -0.39 is 0 Å². The fourth-order valence-electron chi connectivity index (χ4n) is 3.60. The minimum absolute atomic E-state index is 0.0586. The van der Waals surface area contributed by atoms with Gasteiger partial charge in [0.2, 0.25) is 0 Å². The minimum atomic E-state index is -0.256. The standard InChI is InChI=1S/C20H22ClN3O3/c21-15-5-3-14(4-6-15)17-12-18(19-2-1-11-27-19)24(22-17)20(26)13-23-9-7-16(25)8-10-23/h1-6,11,16,18,25H,7-10,12-13H2. The van der Waals surface area contributed by atoms with Gasteiger partial charge in [0.05, 0.1) is 24.6 Å². The van der Waals surface area contributed by atoms with Crippen LogP contribution in [0.5, 0.6) is 0 Å². The number of hydrogen-bond donors (Lipinski definition) is 1. The van der Waals surface area contributed by atoms with E-state index in [-0.39, 0.29) is 18.1 Å². The fraction of sp³-hybridized carbons (Fsp3) is 0.400. The lowest BCUT2D eigenvalue weighted by Crippen LogP contribution is -2.43. The maximum absolute atomic E-state index is 13.0. The second-order valence-corrected chi connectivity index (χ2v) is 7.47. The molecule has 4 rings (SSSR count). The predicted molar refractivity (Wildman–Crippen MR) is 103 cm³/mol. The normalized spacial score (nSPS) is 21.5. The zero-order valence-corrected chi connectivity index (χ0v) is 15.7. The summed E-state index contributed by atoms with van der Waals surface area (Å²) in [5.41, 5.74) is 1.79. The summed E-state index contributed by atoms with van der Waals surface area (Å²) in [5, 5.41) is 16.5. The molecule has 1 fully saturated rings. The first-order valence-electron chi connectivity index (χ1n) is 9.19. The second kappa shape index (κ2) is 7.84. The molecular formula is C20H22ClN3O3. The predicted octanol–water partition coefficient (Wildman–Crippen LogP) is 3.07. The highest BCUT2D eigenvalue weighted by atomic mass is 35.5.